The highest BCUT2D eigenvalue weighted by Crippen LogP contribution is 2.32. The number of nitrogens with two attached hydrogens (primary N) is 1. The number of carbonyl (C=O) groups excluding carboxylic acids is 1. The molecular formula is C27H33F3N8O2. The first-order valence-corrected chi connectivity index (χ1v) is 13.5. The average Bonchev–Trinajstić information content (AvgIpc) is 3.59. The van der Waals surface area contributed by atoms with E-state index >= 15 is 0 Å². The maximum atomic E-state index is 14.4. The van der Waals surface area contributed by atoms with Crippen LogP contribution < -0.4 is 15.5 Å². The van der Waals surface area contributed by atoms with Gasteiger partial charge in [0.1, 0.15) is 17.3 Å². The average molecular weight is 559 g/mol. The van der Waals surface area contributed by atoms with Crippen molar-refractivity contribution in [3.8, 4) is 0 Å². The Balaban J connectivity index is 1.21. The minimum absolute atomic E-state index is 0.0257. The van der Waals surface area contributed by atoms with Crippen LogP contribution in [-0.2, 0) is 0 Å². The summed E-state index contributed by atoms with van der Waals surface area (Å²) in [7, 11) is 0. The number of benzene rings is 1. The molecule has 1 amide bonds. The summed E-state index contributed by atoms with van der Waals surface area (Å²) in [5, 5.41) is 4.04. The van der Waals surface area contributed by atoms with Gasteiger partial charge in [-0.2, -0.15) is 4.98 Å². The first kappa shape index (κ1) is 27.8. The lowest BCUT2D eigenvalue weighted by Crippen LogP contribution is -2.47. The number of nitrogens with zero attached hydrogens (tertiary/aromatic N) is 7. The third-order valence-corrected chi connectivity index (χ3v) is 7.71. The monoisotopic (exact) mass is 558 g/mol. The number of piperidine rings is 1. The van der Waals surface area contributed by atoms with Gasteiger partial charge in [0.05, 0.1) is 12.4 Å². The first-order valence-electron chi connectivity index (χ1n) is 13.5. The summed E-state index contributed by atoms with van der Waals surface area (Å²) < 4.78 is 46.9. The predicted octanol–water partition coefficient (Wildman–Crippen LogP) is 3.46. The lowest BCUT2D eigenvalue weighted by molar-refractivity contribution is 0.0655. The summed E-state index contributed by atoms with van der Waals surface area (Å²) in [6.07, 6.45) is 4.41. The van der Waals surface area contributed by atoms with Gasteiger partial charge in [-0.25, -0.2) is 23.1 Å². The van der Waals surface area contributed by atoms with Gasteiger partial charge in [0.2, 0.25) is 0 Å². The second-order valence-electron chi connectivity index (χ2n) is 10.6. The molecule has 10 nitrogen and oxygen atoms in total. The molecule has 0 radical (unpaired) electrons. The molecule has 4 heterocycles. The van der Waals surface area contributed by atoms with E-state index in [4.69, 9.17) is 10.3 Å². The maximum absolute atomic E-state index is 14.4. The molecule has 2 atom stereocenters. The van der Waals surface area contributed by atoms with Crippen LogP contribution in [0.2, 0.25) is 0 Å². The summed E-state index contributed by atoms with van der Waals surface area (Å²) in [5.74, 6) is -2.64. The van der Waals surface area contributed by atoms with E-state index in [1.807, 2.05) is 30.6 Å². The molecule has 40 heavy (non-hydrogen) atoms. The van der Waals surface area contributed by atoms with Crippen molar-refractivity contribution < 1.29 is 22.5 Å². The molecular weight excluding hydrogens is 525 g/mol. The molecule has 13 heteroatoms. The Morgan fingerprint density at radius 2 is 1.80 bits per heavy atom. The van der Waals surface area contributed by atoms with Crippen molar-refractivity contribution in [3.63, 3.8) is 0 Å². The fourth-order valence-corrected chi connectivity index (χ4v) is 5.44. The molecule has 2 aliphatic rings. The van der Waals surface area contributed by atoms with Crippen molar-refractivity contribution in [2.24, 2.45) is 5.73 Å². The van der Waals surface area contributed by atoms with Gasteiger partial charge in [-0.15, -0.1) is 0 Å². The van der Waals surface area contributed by atoms with Gasteiger partial charge in [-0.1, -0.05) is 19.0 Å². The summed E-state index contributed by atoms with van der Waals surface area (Å²) in [6, 6.07) is 1.42. The van der Waals surface area contributed by atoms with Crippen molar-refractivity contribution in [3.05, 3.63) is 59.1 Å². The SMILES string of the molecule is CCN(C(=O)c1cnc(N2CC(N)C(c3cc(F)c(F)cc3F)C2)cn1)C1CCN(c2nc(C(C)C)no2)CC1. The summed E-state index contributed by atoms with van der Waals surface area (Å²) in [6.45, 7) is 8.43. The highest BCUT2D eigenvalue weighted by atomic mass is 19.2. The van der Waals surface area contributed by atoms with Crippen molar-refractivity contribution >= 4 is 17.7 Å². The Bertz CT molecular complexity index is 1340. The molecule has 0 spiro atoms. The van der Waals surface area contributed by atoms with Crippen LogP contribution in [0, 0.1) is 17.5 Å². The number of amides is 1. The van der Waals surface area contributed by atoms with E-state index in [0.29, 0.717) is 49.9 Å². The van der Waals surface area contributed by atoms with E-state index in [9.17, 15) is 18.0 Å². The van der Waals surface area contributed by atoms with Crippen LogP contribution in [0.4, 0.5) is 25.0 Å². The number of hydrogen-bond acceptors (Lipinski definition) is 9. The minimum Gasteiger partial charge on any atom is -0.353 e. The number of hydrogen-bond donors (Lipinski definition) is 1. The van der Waals surface area contributed by atoms with Gasteiger partial charge >= 0.3 is 6.01 Å². The topological polar surface area (TPSA) is 118 Å². The Kier molecular flexibility index (Phi) is 7.92. The summed E-state index contributed by atoms with van der Waals surface area (Å²) in [5.41, 5.74) is 6.47. The van der Waals surface area contributed by atoms with E-state index in [0.717, 1.165) is 18.9 Å². The molecule has 214 valence electrons. The fraction of sp³-hybridized carbons (Fsp3) is 0.519. The van der Waals surface area contributed by atoms with E-state index in [1.165, 1.54) is 12.4 Å². The Labute approximate surface area is 230 Å². The van der Waals surface area contributed by atoms with Crippen molar-refractivity contribution in [1.29, 1.82) is 0 Å². The maximum Gasteiger partial charge on any atom is 0.324 e. The fourth-order valence-electron chi connectivity index (χ4n) is 5.44. The quantitative estimate of drug-likeness (QED) is 0.435. The molecule has 2 saturated heterocycles. The number of rotatable bonds is 7. The lowest BCUT2D eigenvalue weighted by Gasteiger charge is -2.37. The molecule has 3 aromatic rings. The largest absolute Gasteiger partial charge is 0.353 e. The van der Waals surface area contributed by atoms with E-state index < -0.39 is 29.4 Å². The minimum atomic E-state index is -1.24. The molecule has 2 unspecified atom stereocenters. The van der Waals surface area contributed by atoms with Crippen LogP contribution in [0.25, 0.3) is 0 Å². The molecule has 0 saturated carbocycles. The third-order valence-electron chi connectivity index (χ3n) is 7.71. The second kappa shape index (κ2) is 11.4. The van der Waals surface area contributed by atoms with Crippen LogP contribution in [-0.4, -0.2) is 75.7 Å². The Hall–Kier alpha value is -3.74. The van der Waals surface area contributed by atoms with Crippen molar-refractivity contribution in [1.82, 2.24) is 25.0 Å². The van der Waals surface area contributed by atoms with Gasteiger partial charge in [0.15, 0.2) is 17.5 Å². The van der Waals surface area contributed by atoms with E-state index in [2.05, 4.69) is 20.1 Å². The molecule has 2 aliphatic heterocycles. The molecule has 2 N–H and O–H groups in total. The molecule has 5 rings (SSSR count). The van der Waals surface area contributed by atoms with Gasteiger partial charge in [-0.05, 0) is 31.4 Å². The molecule has 0 aliphatic carbocycles. The third kappa shape index (κ3) is 5.47. The van der Waals surface area contributed by atoms with Gasteiger partial charge < -0.3 is 25.0 Å². The molecule has 1 aromatic carbocycles. The zero-order valence-corrected chi connectivity index (χ0v) is 22.7. The Morgan fingerprint density at radius 1 is 1.07 bits per heavy atom. The van der Waals surface area contributed by atoms with Crippen LogP contribution in [0.5, 0.6) is 0 Å². The predicted molar refractivity (Wildman–Crippen MR) is 142 cm³/mol. The van der Waals surface area contributed by atoms with Crippen molar-refractivity contribution in [2.75, 3.05) is 42.5 Å². The van der Waals surface area contributed by atoms with Crippen LogP contribution >= 0.6 is 0 Å². The first-order chi connectivity index (χ1) is 19.2. The normalized spacial score (nSPS) is 20.0. The van der Waals surface area contributed by atoms with Gasteiger partial charge in [-0.3, -0.25) is 4.79 Å². The number of anilines is 2. The smallest absolute Gasteiger partial charge is 0.324 e. The van der Waals surface area contributed by atoms with Gasteiger partial charge in [0.25, 0.3) is 5.91 Å². The number of halogens is 3. The Morgan fingerprint density at radius 3 is 2.42 bits per heavy atom. The van der Waals surface area contributed by atoms with Crippen LogP contribution in [0.15, 0.2) is 29.0 Å². The summed E-state index contributed by atoms with van der Waals surface area (Å²) in [4.78, 5) is 32.3. The summed E-state index contributed by atoms with van der Waals surface area (Å²) >= 11 is 0. The molecule has 2 aromatic heterocycles. The highest BCUT2D eigenvalue weighted by molar-refractivity contribution is 5.92. The lowest BCUT2D eigenvalue weighted by atomic mass is 9.94. The van der Waals surface area contributed by atoms with Gasteiger partial charge in [0, 0.05) is 62.7 Å². The van der Waals surface area contributed by atoms with E-state index in [-0.39, 0.29) is 35.7 Å². The highest BCUT2D eigenvalue weighted by Gasteiger charge is 2.35. The zero-order valence-electron chi connectivity index (χ0n) is 22.7. The zero-order chi connectivity index (χ0) is 28.6. The van der Waals surface area contributed by atoms with Crippen LogP contribution in [0.1, 0.15) is 67.3 Å². The molecule has 2 fully saturated rings. The van der Waals surface area contributed by atoms with Crippen LogP contribution in [0.3, 0.4) is 0 Å². The molecule has 0 bridgehead atoms. The van der Waals surface area contributed by atoms with E-state index in [1.54, 1.807) is 4.90 Å². The number of aromatic nitrogens is 4. The standard InChI is InChI=1S/C27H33F3N8O2/c1-4-38(16-5-7-36(8-6-16)27-34-25(15(2)3)35-40-27)26(39)23-11-33-24(12-32-23)37-13-18(22(31)14-37)17-9-20(29)21(30)10-19(17)28/h9-12,15-16,18,22H,4-8,13-14,31H2,1-3H3. The second-order valence-corrected chi connectivity index (χ2v) is 10.6. The van der Waals surface area contributed by atoms with Crippen molar-refractivity contribution in [2.45, 2.75) is 57.5 Å². The number of carbonyl (C=O) groups is 1.